The number of benzene rings is 2. The van der Waals surface area contributed by atoms with Gasteiger partial charge in [0.05, 0.1) is 19.0 Å². The molecule has 0 spiro atoms. The molecule has 0 saturated carbocycles. The van der Waals surface area contributed by atoms with Gasteiger partial charge in [0.15, 0.2) is 0 Å². The summed E-state index contributed by atoms with van der Waals surface area (Å²) in [7, 11) is 1.66. The number of nitrogens with zero attached hydrogens (tertiary/aromatic N) is 2. The lowest BCUT2D eigenvalue weighted by molar-refractivity contribution is 0.249. The second-order valence-electron chi connectivity index (χ2n) is 4.74. The fraction of sp³-hybridized carbons (Fsp3) is 0.176. The molecule has 0 radical (unpaired) electrons. The summed E-state index contributed by atoms with van der Waals surface area (Å²) in [5.41, 5.74) is 10.0. The molecule has 0 aromatic heterocycles. The molecule has 0 atom stereocenters. The van der Waals surface area contributed by atoms with Crippen LogP contribution in [0, 0.1) is 0 Å². The summed E-state index contributed by atoms with van der Waals surface area (Å²) in [5.74, 6) is 0.825. The molecular weight excluding hydrogens is 292 g/mol. The van der Waals surface area contributed by atoms with Crippen LogP contribution in [0.2, 0.25) is 0 Å². The molecule has 0 aliphatic heterocycles. The van der Waals surface area contributed by atoms with Crippen molar-refractivity contribution in [2.24, 2.45) is 10.8 Å². The summed E-state index contributed by atoms with van der Waals surface area (Å²) >= 11 is 0. The first-order valence-corrected chi connectivity index (χ1v) is 7.24. The van der Waals surface area contributed by atoms with Gasteiger partial charge in [0.25, 0.3) is 0 Å². The summed E-state index contributed by atoms with van der Waals surface area (Å²) in [6.45, 7) is 2.88. The van der Waals surface area contributed by atoms with E-state index in [-0.39, 0.29) is 0 Å². The lowest BCUT2D eigenvalue weighted by atomic mass is 10.2. The summed E-state index contributed by atoms with van der Waals surface area (Å²) < 4.78 is 5.43. The van der Waals surface area contributed by atoms with E-state index in [2.05, 4.69) is 22.4 Å². The van der Waals surface area contributed by atoms with Gasteiger partial charge < -0.3 is 15.4 Å². The number of nitrogens with two attached hydrogens (primary N) is 1. The van der Waals surface area contributed by atoms with Crippen LogP contribution in [0.1, 0.15) is 12.5 Å². The normalized spacial score (nSPS) is 10.5. The fourth-order valence-corrected chi connectivity index (χ4v) is 2.26. The summed E-state index contributed by atoms with van der Waals surface area (Å²) in [4.78, 5) is 12.7. The van der Waals surface area contributed by atoms with Crippen LogP contribution >= 0.6 is 0 Å². The van der Waals surface area contributed by atoms with E-state index in [9.17, 15) is 4.79 Å². The standard InChI is InChI=1S/C17H20N4O2/c1-3-21(15-6-4-5-7-16(15)23-2)14-10-8-13(9-11-14)12-19-20-17(18)22/h4-12H,3H2,1-2H3,(H3,18,20,22)/b19-12+. The van der Waals surface area contributed by atoms with E-state index in [1.165, 1.54) is 6.21 Å². The highest BCUT2D eigenvalue weighted by molar-refractivity contribution is 5.82. The lowest BCUT2D eigenvalue weighted by Crippen LogP contribution is -2.24. The molecule has 6 heteroatoms. The maximum absolute atomic E-state index is 10.6. The number of anilines is 2. The largest absolute Gasteiger partial charge is 0.495 e. The molecule has 0 aliphatic rings. The maximum Gasteiger partial charge on any atom is 0.332 e. The Kier molecular flexibility index (Phi) is 5.57. The van der Waals surface area contributed by atoms with Crippen LogP contribution < -0.4 is 20.8 Å². The number of ether oxygens (including phenoxy) is 1. The SMILES string of the molecule is CCN(c1ccc(/C=N/NC(N)=O)cc1)c1ccccc1OC. The Morgan fingerprint density at radius 3 is 2.57 bits per heavy atom. The van der Waals surface area contributed by atoms with Crippen LogP contribution in [-0.2, 0) is 0 Å². The van der Waals surface area contributed by atoms with Crippen molar-refractivity contribution >= 4 is 23.6 Å². The second-order valence-corrected chi connectivity index (χ2v) is 4.74. The average molecular weight is 312 g/mol. The highest BCUT2D eigenvalue weighted by Crippen LogP contribution is 2.33. The highest BCUT2D eigenvalue weighted by atomic mass is 16.5. The Hall–Kier alpha value is -3.02. The van der Waals surface area contributed by atoms with Gasteiger partial charge in [-0.1, -0.05) is 24.3 Å². The van der Waals surface area contributed by atoms with Crippen molar-refractivity contribution in [3.8, 4) is 5.75 Å². The van der Waals surface area contributed by atoms with E-state index in [1.54, 1.807) is 7.11 Å². The number of hydrazone groups is 1. The predicted octanol–water partition coefficient (Wildman–Crippen LogP) is 2.86. The number of hydrogen-bond donors (Lipinski definition) is 2. The summed E-state index contributed by atoms with van der Waals surface area (Å²) in [6.07, 6.45) is 1.54. The molecule has 2 aromatic rings. The van der Waals surface area contributed by atoms with Crippen LogP contribution in [0.3, 0.4) is 0 Å². The van der Waals surface area contributed by atoms with Crippen LogP contribution in [0.4, 0.5) is 16.2 Å². The summed E-state index contributed by atoms with van der Waals surface area (Å²) in [6, 6.07) is 15.0. The first kappa shape index (κ1) is 16.4. The molecule has 2 rings (SSSR count). The molecular formula is C17H20N4O2. The zero-order valence-electron chi connectivity index (χ0n) is 13.2. The monoisotopic (exact) mass is 312 g/mol. The second kappa shape index (κ2) is 7.84. The van der Waals surface area contributed by atoms with Crippen LogP contribution in [0.5, 0.6) is 5.75 Å². The smallest absolute Gasteiger partial charge is 0.332 e. The number of hydrogen-bond acceptors (Lipinski definition) is 4. The van der Waals surface area contributed by atoms with Crippen LogP contribution in [-0.4, -0.2) is 25.9 Å². The molecule has 120 valence electrons. The van der Waals surface area contributed by atoms with Crippen molar-refractivity contribution < 1.29 is 9.53 Å². The molecule has 23 heavy (non-hydrogen) atoms. The Labute approximate surface area is 135 Å². The number of rotatable bonds is 6. The Balaban J connectivity index is 2.22. The first-order chi connectivity index (χ1) is 11.2. The topological polar surface area (TPSA) is 80.0 Å². The van der Waals surface area contributed by atoms with Crippen molar-refractivity contribution in [3.63, 3.8) is 0 Å². The number of primary amides is 1. The van der Waals surface area contributed by atoms with Crippen LogP contribution in [0.25, 0.3) is 0 Å². The van der Waals surface area contributed by atoms with Gasteiger partial charge in [-0.05, 0) is 36.8 Å². The number of methoxy groups -OCH3 is 1. The minimum atomic E-state index is -0.689. The third kappa shape index (κ3) is 4.23. The number of para-hydroxylation sites is 2. The van der Waals surface area contributed by atoms with Gasteiger partial charge >= 0.3 is 6.03 Å². The molecule has 0 aliphatic carbocycles. The molecule has 0 saturated heterocycles. The lowest BCUT2D eigenvalue weighted by Gasteiger charge is -2.25. The van der Waals surface area contributed by atoms with Crippen molar-refractivity contribution in [1.29, 1.82) is 0 Å². The average Bonchev–Trinajstić information content (AvgIpc) is 2.57. The van der Waals surface area contributed by atoms with E-state index < -0.39 is 6.03 Å². The van der Waals surface area contributed by atoms with Gasteiger partial charge in [-0.3, -0.25) is 0 Å². The van der Waals surface area contributed by atoms with Crippen LogP contribution in [0.15, 0.2) is 53.6 Å². The summed E-state index contributed by atoms with van der Waals surface area (Å²) in [5, 5.41) is 3.74. The molecule has 0 unspecified atom stereocenters. The van der Waals surface area contributed by atoms with Crippen molar-refractivity contribution in [2.75, 3.05) is 18.6 Å². The molecule has 3 N–H and O–H groups in total. The number of carbonyl (C=O) groups excluding carboxylic acids is 1. The maximum atomic E-state index is 10.6. The zero-order valence-corrected chi connectivity index (χ0v) is 13.2. The minimum absolute atomic E-state index is 0.689. The highest BCUT2D eigenvalue weighted by Gasteiger charge is 2.11. The Bertz CT molecular complexity index is 683. The first-order valence-electron chi connectivity index (χ1n) is 7.24. The fourth-order valence-electron chi connectivity index (χ4n) is 2.26. The van der Waals surface area contributed by atoms with Gasteiger partial charge in [0, 0.05) is 12.2 Å². The van der Waals surface area contributed by atoms with E-state index in [0.29, 0.717) is 0 Å². The number of amides is 2. The van der Waals surface area contributed by atoms with Gasteiger partial charge in [-0.25, -0.2) is 10.2 Å². The van der Waals surface area contributed by atoms with Gasteiger partial charge in [0.1, 0.15) is 5.75 Å². The zero-order chi connectivity index (χ0) is 16.7. The molecule has 0 bridgehead atoms. The van der Waals surface area contributed by atoms with E-state index in [1.807, 2.05) is 48.5 Å². The third-order valence-corrected chi connectivity index (χ3v) is 3.29. The molecule has 6 nitrogen and oxygen atoms in total. The van der Waals surface area contributed by atoms with Crippen molar-refractivity contribution in [3.05, 3.63) is 54.1 Å². The van der Waals surface area contributed by atoms with Gasteiger partial charge in [0.2, 0.25) is 0 Å². The van der Waals surface area contributed by atoms with E-state index >= 15 is 0 Å². The third-order valence-electron chi connectivity index (χ3n) is 3.29. The number of carbonyl (C=O) groups is 1. The van der Waals surface area contributed by atoms with Crippen molar-refractivity contribution in [1.82, 2.24) is 5.43 Å². The molecule has 0 heterocycles. The predicted molar refractivity (Wildman–Crippen MR) is 92.4 cm³/mol. The van der Waals surface area contributed by atoms with Crippen molar-refractivity contribution in [2.45, 2.75) is 6.92 Å². The Morgan fingerprint density at radius 1 is 1.26 bits per heavy atom. The molecule has 0 fully saturated rings. The number of urea groups is 1. The van der Waals surface area contributed by atoms with E-state index in [4.69, 9.17) is 10.5 Å². The molecule has 2 aromatic carbocycles. The minimum Gasteiger partial charge on any atom is -0.495 e. The van der Waals surface area contributed by atoms with Gasteiger partial charge in [-0.2, -0.15) is 5.10 Å². The van der Waals surface area contributed by atoms with E-state index in [0.717, 1.165) is 29.2 Å². The molecule has 2 amide bonds. The Morgan fingerprint density at radius 2 is 1.96 bits per heavy atom. The quantitative estimate of drug-likeness (QED) is 0.636. The van der Waals surface area contributed by atoms with Gasteiger partial charge in [-0.15, -0.1) is 0 Å². The number of nitrogens with one attached hydrogen (secondary N) is 1.